The van der Waals surface area contributed by atoms with Crippen LogP contribution in [0.25, 0.3) is 96.7 Å². The topological polar surface area (TPSA) is 232 Å². The Morgan fingerprint density at radius 1 is 0.368 bits per heavy atom. The molecule has 23 nitrogen and oxygen atoms in total. The van der Waals surface area contributed by atoms with Gasteiger partial charge in [-0.15, -0.1) is 11.3 Å². The van der Waals surface area contributed by atoms with Crippen molar-refractivity contribution in [2.24, 2.45) is 0 Å². The van der Waals surface area contributed by atoms with Crippen LogP contribution in [0.1, 0.15) is 169 Å². The molecule has 16 heterocycles. The molecule has 22 rings (SSSR count). The fourth-order valence-electron chi connectivity index (χ4n) is 18.9. The number of fused-ring (bicyclic) bond motifs is 4. The van der Waals surface area contributed by atoms with Crippen molar-refractivity contribution < 1.29 is 17.6 Å². The number of nitrogens with zero attached hydrogens (tertiary/aromatic N) is 19. The molecule has 13 aromatic rings. The van der Waals surface area contributed by atoms with E-state index < -0.39 is 0 Å². The van der Waals surface area contributed by atoms with E-state index in [4.69, 9.17) is 39.9 Å². The van der Waals surface area contributed by atoms with E-state index in [1.54, 1.807) is 35.9 Å². The zero-order valence-corrected chi connectivity index (χ0v) is 71.9. The van der Waals surface area contributed by atoms with Crippen molar-refractivity contribution in [1.82, 2.24) is 92.8 Å². The Balaban J connectivity index is 0.000000109. The number of aryl methyl sites for hydroxylation is 4. The maximum Gasteiger partial charge on any atom is 0.223 e. The molecule has 5 fully saturated rings. The van der Waals surface area contributed by atoms with Gasteiger partial charge in [-0.3, -0.25) is 0 Å². The first-order valence-electron chi connectivity index (χ1n) is 45.2. The summed E-state index contributed by atoms with van der Waals surface area (Å²) in [7, 11) is 0. The van der Waals surface area contributed by atoms with Crippen LogP contribution in [0.5, 0.6) is 0 Å². The molecule has 3 saturated heterocycles. The third-order valence-electron chi connectivity index (χ3n) is 25.4. The van der Waals surface area contributed by atoms with Crippen LogP contribution in [0, 0.1) is 23.3 Å². The standard InChI is InChI=1S/C25H29FN6.C24H27FN6.C24H29FN6.C24H22FN5S/c26-18-8-6-17(7-9-18)23-24(21-12-13-27-25(29-21)28-19-4-3-5-19)32-20(10-11-22(32)30-23)16-31-14-1-2-15-31;25-17-5-3-16(4-6-17)22-23(20-11-12-26-24(28-20)27-18-7-8-18)31-19(9-10-21(31)29-22)15-30-13-1-2-14-30;1-2-12-26-24-27-13-11-20(28-24)23-22(17-5-7-18(25)8-6-17)29-21-10-9-19(31(21)23)16-30-14-3-4-15-30;1-2-26-24-27-14-13-20(28-24)23-22(16-5-7-17(25)8-6-16)29-21-12-10-18(30(21)23)9-11-19-4-3-15-31-19/h6-9,12-13,19-20H,1-5,10-11,14-16H2,(H,27,28,29);3-6,11-12,18-19H,1-2,7-10,13-15H2,(H,26,27,28);5-8,11,13,19H,2-4,9-10,12,14-16H2,1H3,(H,26,27,28);3-9,11,13-15,18H,2,10,12H2,1H3,(H,26,27,28)/b;;;11-9+. The summed E-state index contributed by atoms with van der Waals surface area (Å²) in [4.78, 5) is 66.0. The van der Waals surface area contributed by atoms with E-state index in [-0.39, 0.29) is 29.3 Å². The molecule has 4 N–H and O–H groups in total. The summed E-state index contributed by atoms with van der Waals surface area (Å²) >= 11 is 1.72. The largest absolute Gasteiger partial charge is 0.354 e. The number of hydrogen-bond donors (Lipinski definition) is 4. The Labute approximate surface area is 730 Å². The molecule has 4 aromatic carbocycles. The highest BCUT2D eigenvalue weighted by Crippen LogP contribution is 2.46. The lowest BCUT2D eigenvalue weighted by Crippen LogP contribution is -2.28. The van der Waals surface area contributed by atoms with Gasteiger partial charge in [0.05, 0.1) is 74.4 Å². The van der Waals surface area contributed by atoms with E-state index in [0.717, 1.165) is 204 Å². The lowest BCUT2D eigenvalue weighted by Gasteiger charge is -2.26. The van der Waals surface area contributed by atoms with Crippen LogP contribution in [0.3, 0.4) is 0 Å². The van der Waals surface area contributed by atoms with Gasteiger partial charge < -0.3 is 54.2 Å². The van der Waals surface area contributed by atoms with Crippen LogP contribution < -0.4 is 21.3 Å². The van der Waals surface area contributed by atoms with Gasteiger partial charge >= 0.3 is 0 Å². The van der Waals surface area contributed by atoms with Crippen molar-refractivity contribution in [1.29, 1.82) is 0 Å². The maximum absolute atomic E-state index is 13.6. The van der Waals surface area contributed by atoms with Crippen LogP contribution >= 0.6 is 11.3 Å². The number of aromatic nitrogens is 16. The monoisotopic (exact) mass is 1700 g/mol. The molecule has 9 aliphatic rings. The van der Waals surface area contributed by atoms with E-state index in [1.807, 2.05) is 80.0 Å². The average molecular weight is 1700 g/mol. The number of hydrogen-bond acceptors (Lipinski definition) is 20. The van der Waals surface area contributed by atoms with Crippen molar-refractivity contribution >= 4 is 41.2 Å². The van der Waals surface area contributed by atoms with Gasteiger partial charge in [-0.05, 0) is 288 Å². The second-order valence-corrected chi connectivity index (χ2v) is 35.2. The molecule has 2 aliphatic carbocycles. The molecular formula is C97H107F4N23S. The van der Waals surface area contributed by atoms with Crippen molar-refractivity contribution in [2.45, 2.75) is 179 Å². The summed E-state index contributed by atoms with van der Waals surface area (Å²) in [5, 5.41) is 15.4. The molecular weight excluding hydrogens is 1600 g/mol. The van der Waals surface area contributed by atoms with Crippen LogP contribution in [-0.2, 0) is 25.7 Å². The minimum absolute atomic E-state index is 0.186. The van der Waals surface area contributed by atoms with E-state index in [0.29, 0.717) is 54.0 Å². The lowest BCUT2D eigenvalue weighted by molar-refractivity contribution is 0.283. The van der Waals surface area contributed by atoms with Gasteiger partial charge in [-0.25, -0.2) is 77.4 Å². The van der Waals surface area contributed by atoms with Crippen LogP contribution in [0.2, 0.25) is 0 Å². The van der Waals surface area contributed by atoms with Gasteiger partial charge in [0.2, 0.25) is 23.8 Å². The number of allylic oxidation sites excluding steroid dienone is 1. The first-order chi connectivity index (χ1) is 61.4. The second-order valence-electron chi connectivity index (χ2n) is 34.2. The zero-order chi connectivity index (χ0) is 84.7. The number of rotatable bonds is 25. The summed E-state index contributed by atoms with van der Waals surface area (Å²) in [5.74, 6) is 5.95. The Bertz CT molecular complexity index is 5860. The molecule has 9 aromatic heterocycles. The van der Waals surface area contributed by atoms with Gasteiger partial charge in [0, 0.05) is 141 Å². The Morgan fingerprint density at radius 2 is 0.712 bits per heavy atom. The predicted molar refractivity (Wildman–Crippen MR) is 485 cm³/mol. The van der Waals surface area contributed by atoms with Gasteiger partial charge in [0.15, 0.2) is 0 Å². The molecule has 2 saturated carbocycles. The highest BCUT2D eigenvalue weighted by atomic mass is 32.1. The van der Waals surface area contributed by atoms with Gasteiger partial charge in [0.1, 0.15) is 46.6 Å². The lowest BCUT2D eigenvalue weighted by atomic mass is 9.93. The molecule has 28 heteroatoms. The van der Waals surface area contributed by atoms with E-state index in [9.17, 15) is 17.6 Å². The van der Waals surface area contributed by atoms with Crippen molar-refractivity contribution in [3.05, 3.63) is 221 Å². The smallest absolute Gasteiger partial charge is 0.223 e. The molecule has 125 heavy (non-hydrogen) atoms. The first-order valence-corrected chi connectivity index (χ1v) is 46.0. The Kier molecular flexibility index (Phi) is 25.2. The quantitative estimate of drug-likeness (QED) is 0.0390. The number of likely N-dealkylation sites (tertiary alicyclic amines) is 3. The fraction of sp³-hybridized carbons (Fsp3) is 0.402. The van der Waals surface area contributed by atoms with Crippen LogP contribution in [0.4, 0.5) is 41.4 Å². The van der Waals surface area contributed by atoms with Crippen molar-refractivity contribution in [2.75, 3.05) is 93.3 Å². The Hall–Kier alpha value is -11.7. The summed E-state index contributed by atoms with van der Waals surface area (Å²) < 4.78 is 63.9. The molecule has 7 aliphatic heterocycles. The summed E-state index contributed by atoms with van der Waals surface area (Å²) in [6.45, 7) is 16.0. The number of imidazole rings is 4. The minimum Gasteiger partial charge on any atom is -0.354 e. The molecule has 0 amide bonds. The second kappa shape index (κ2) is 38.0. The first kappa shape index (κ1) is 82.9. The predicted octanol–water partition coefficient (Wildman–Crippen LogP) is 19.4. The van der Waals surface area contributed by atoms with Gasteiger partial charge in [0.25, 0.3) is 0 Å². The van der Waals surface area contributed by atoms with E-state index >= 15 is 0 Å². The summed E-state index contributed by atoms with van der Waals surface area (Å²) in [5.41, 5.74) is 14.6. The third kappa shape index (κ3) is 18.8. The average Bonchev–Trinajstić information content (AvgIpc) is 1.61. The molecule has 4 unspecified atom stereocenters. The number of anilines is 4. The number of thiophene rings is 1. The summed E-state index contributed by atoms with van der Waals surface area (Å²) in [6, 6.07) is 40.7. The van der Waals surface area contributed by atoms with Crippen molar-refractivity contribution in [3.63, 3.8) is 0 Å². The SMILES string of the molecule is CCCNc1nccc(-c2c(-c3ccc(F)cc3)nc3n2C(CN2CCCC2)CC3)n1.CCNc1nccc(-c2c(-c3ccc(F)cc3)nc3n2C(/C=C/c2cccs2)CC3)n1.Fc1ccc(-c2nc3n(c2-c2ccnc(NC4CC4)n2)C(CN2CCCC2)CC3)cc1.Fc1ccc(-c2nc3n(c2-c2ccnc(NC4CCC4)n2)C(CN2CCCC2)CC3)cc1. The van der Waals surface area contributed by atoms with E-state index in [2.05, 4.69) is 111 Å². The highest BCUT2D eigenvalue weighted by molar-refractivity contribution is 7.10. The maximum atomic E-state index is 13.6. The van der Waals surface area contributed by atoms with Crippen LogP contribution in [0.15, 0.2) is 170 Å². The normalized spacial score (nSPS) is 19.0. The fourth-order valence-corrected chi connectivity index (χ4v) is 19.6. The zero-order valence-electron chi connectivity index (χ0n) is 71.0. The van der Waals surface area contributed by atoms with Gasteiger partial charge in [-0.1, -0.05) is 19.1 Å². The number of benzene rings is 4. The molecule has 0 radical (unpaired) electrons. The number of nitrogens with one attached hydrogen (secondary N) is 4. The minimum atomic E-state index is -0.259. The highest BCUT2D eigenvalue weighted by Gasteiger charge is 2.38. The number of halogens is 4. The van der Waals surface area contributed by atoms with Crippen LogP contribution in [-0.4, -0.2) is 177 Å². The molecule has 644 valence electrons. The summed E-state index contributed by atoms with van der Waals surface area (Å²) in [6.07, 6.45) is 34.4. The molecule has 0 bridgehead atoms. The Morgan fingerprint density at radius 3 is 1.06 bits per heavy atom. The molecule has 0 spiro atoms. The van der Waals surface area contributed by atoms with Gasteiger partial charge in [-0.2, -0.15) is 0 Å². The van der Waals surface area contributed by atoms with Crippen molar-refractivity contribution in [3.8, 4) is 90.6 Å². The molecule has 4 atom stereocenters. The third-order valence-corrected chi connectivity index (χ3v) is 26.3. The van der Waals surface area contributed by atoms with E-state index in [1.165, 1.54) is 163 Å².